The van der Waals surface area contributed by atoms with Gasteiger partial charge in [0.15, 0.2) is 0 Å². The maximum absolute atomic E-state index is 13.0. The first-order valence-electron chi connectivity index (χ1n) is 7.97. The van der Waals surface area contributed by atoms with E-state index in [0.717, 1.165) is 16.5 Å². The first-order chi connectivity index (χ1) is 11.8. The van der Waals surface area contributed by atoms with Gasteiger partial charge in [0.1, 0.15) is 6.10 Å². The molecule has 120 valence electrons. The largest absolute Gasteiger partial charge is 0.370 e. The number of morpholine rings is 1. The first kappa shape index (κ1) is 14.8. The highest BCUT2D eigenvalue weighted by Gasteiger charge is 2.26. The van der Waals surface area contributed by atoms with E-state index in [2.05, 4.69) is 9.97 Å². The van der Waals surface area contributed by atoms with Crippen LogP contribution in [0.15, 0.2) is 61.1 Å². The minimum atomic E-state index is -0.112. The van der Waals surface area contributed by atoms with Gasteiger partial charge in [-0.25, -0.2) is 0 Å². The van der Waals surface area contributed by atoms with Crippen molar-refractivity contribution >= 4 is 16.8 Å². The summed E-state index contributed by atoms with van der Waals surface area (Å²) in [6.07, 6.45) is 5.12. The summed E-state index contributed by atoms with van der Waals surface area (Å²) >= 11 is 0. The Morgan fingerprint density at radius 1 is 1.08 bits per heavy atom. The summed E-state index contributed by atoms with van der Waals surface area (Å²) in [6, 6.07) is 13.3. The van der Waals surface area contributed by atoms with Crippen LogP contribution in [0.5, 0.6) is 0 Å². The predicted molar refractivity (Wildman–Crippen MR) is 90.6 cm³/mol. The third-order valence-corrected chi connectivity index (χ3v) is 4.31. The standard InChI is InChI=1S/C19H17N3O2/c23-19(16-3-1-5-17-15(16)4-2-8-21-17)22-11-12-24-18(13-22)14-6-9-20-10-7-14/h1-10,18H,11-13H2/t18-/m0/s1. The number of carbonyl (C=O) groups is 1. The van der Waals surface area contributed by atoms with E-state index in [9.17, 15) is 4.79 Å². The van der Waals surface area contributed by atoms with Gasteiger partial charge in [-0.15, -0.1) is 0 Å². The van der Waals surface area contributed by atoms with Gasteiger partial charge in [0.2, 0.25) is 0 Å². The number of hydrogen-bond donors (Lipinski definition) is 0. The molecule has 1 atom stereocenters. The lowest BCUT2D eigenvalue weighted by molar-refractivity contribution is -0.0227. The second kappa shape index (κ2) is 6.37. The number of nitrogens with zero attached hydrogens (tertiary/aromatic N) is 3. The molecule has 1 aliphatic rings. The molecule has 1 saturated heterocycles. The van der Waals surface area contributed by atoms with Crippen molar-refractivity contribution in [3.05, 3.63) is 72.2 Å². The van der Waals surface area contributed by atoms with Crippen molar-refractivity contribution in [1.29, 1.82) is 0 Å². The number of fused-ring (bicyclic) bond motifs is 1. The fourth-order valence-electron chi connectivity index (χ4n) is 3.07. The van der Waals surface area contributed by atoms with Crippen molar-refractivity contribution in [3.8, 4) is 0 Å². The van der Waals surface area contributed by atoms with E-state index in [0.29, 0.717) is 25.3 Å². The van der Waals surface area contributed by atoms with Crippen LogP contribution in [0.1, 0.15) is 22.0 Å². The number of carbonyl (C=O) groups excluding carboxylic acids is 1. The molecular weight excluding hydrogens is 302 g/mol. The summed E-state index contributed by atoms with van der Waals surface area (Å²) in [5.74, 6) is 0.0240. The SMILES string of the molecule is O=C(c1cccc2ncccc12)N1CCO[C@H](c2ccncc2)C1. The van der Waals surface area contributed by atoms with Crippen LogP contribution in [0.25, 0.3) is 10.9 Å². The molecule has 3 aromatic rings. The monoisotopic (exact) mass is 319 g/mol. The number of amides is 1. The molecule has 0 saturated carbocycles. The van der Waals surface area contributed by atoms with Crippen molar-refractivity contribution in [3.63, 3.8) is 0 Å². The molecule has 0 N–H and O–H groups in total. The van der Waals surface area contributed by atoms with Crippen LogP contribution in [0, 0.1) is 0 Å². The number of rotatable bonds is 2. The van der Waals surface area contributed by atoms with Crippen LogP contribution in [-0.2, 0) is 4.74 Å². The Morgan fingerprint density at radius 3 is 2.83 bits per heavy atom. The fourth-order valence-corrected chi connectivity index (χ4v) is 3.07. The van der Waals surface area contributed by atoms with Crippen LogP contribution in [0.4, 0.5) is 0 Å². The van der Waals surface area contributed by atoms with E-state index in [4.69, 9.17) is 4.74 Å². The van der Waals surface area contributed by atoms with Crippen LogP contribution in [0.3, 0.4) is 0 Å². The Bertz CT molecular complexity index is 861. The second-order valence-corrected chi connectivity index (χ2v) is 5.77. The minimum Gasteiger partial charge on any atom is -0.370 e. The Labute approximate surface area is 139 Å². The second-order valence-electron chi connectivity index (χ2n) is 5.77. The number of aromatic nitrogens is 2. The van der Waals surface area contributed by atoms with Crippen molar-refractivity contribution < 1.29 is 9.53 Å². The summed E-state index contributed by atoms with van der Waals surface area (Å²) in [5.41, 5.74) is 2.57. The van der Waals surface area contributed by atoms with Crippen LogP contribution in [-0.4, -0.2) is 40.5 Å². The molecule has 0 aliphatic carbocycles. The van der Waals surface area contributed by atoms with E-state index in [1.807, 2.05) is 47.4 Å². The Morgan fingerprint density at radius 2 is 1.96 bits per heavy atom. The third kappa shape index (κ3) is 2.74. The minimum absolute atomic E-state index is 0.0240. The highest BCUT2D eigenvalue weighted by Crippen LogP contribution is 2.24. The number of pyridine rings is 2. The number of hydrogen-bond acceptors (Lipinski definition) is 4. The molecule has 2 aromatic heterocycles. The summed E-state index contributed by atoms with van der Waals surface area (Å²) in [7, 11) is 0. The van der Waals surface area contributed by atoms with Gasteiger partial charge in [-0.2, -0.15) is 0 Å². The summed E-state index contributed by atoms with van der Waals surface area (Å²) < 4.78 is 5.83. The molecule has 0 radical (unpaired) electrons. The van der Waals surface area contributed by atoms with Gasteiger partial charge in [-0.05, 0) is 35.9 Å². The molecule has 4 rings (SSSR count). The number of ether oxygens (including phenoxy) is 1. The van der Waals surface area contributed by atoms with Gasteiger partial charge in [-0.1, -0.05) is 12.1 Å². The molecule has 0 bridgehead atoms. The van der Waals surface area contributed by atoms with Gasteiger partial charge in [0.05, 0.1) is 18.7 Å². The number of benzene rings is 1. The Kier molecular flexibility index (Phi) is 3.92. The normalized spacial score (nSPS) is 17.8. The van der Waals surface area contributed by atoms with E-state index in [1.165, 1.54) is 0 Å². The molecule has 0 spiro atoms. The van der Waals surface area contributed by atoms with E-state index in [-0.39, 0.29) is 12.0 Å². The van der Waals surface area contributed by atoms with E-state index >= 15 is 0 Å². The lowest BCUT2D eigenvalue weighted by atomic mass is 10.1. The van der Waals surface area contributed by atoms with E-state index < -0.39 is 0 Å². The van der Waals surface area contributed by atoms with Crippen LogP contribution >= 0.6 is 0 Å². The molecule has 5 heteroatoms. The van der Waals surface area contributed by atoms with Gasteiger partial charge < -0.3 is 9.64 Å². The lowest BCUT2D eigenvalue weighted by Crippen LogP contribution is -2.42. The molecule has 24 heavy (non-hydrogen) atoms. The highest BCUT2D eigenvalue weighted by atomic mass is 16.5. The first-order valence-corrected chi connectivity index (χ1v) is 7.97. The molecule has 0 unspecified atom stereocenters. The Balaban J connectivity index is 1.62. The zero-order valence-corrected chi connectivity index (χ0v) is 13.1. The average molecular weight is 319 g/mol. The van der Waals surface area contributed by atoms with Crippen molar-refractivity contribution in [2.45, 2.75) is 6.10 Å². The Hall–Kier alpha value is -2.79. The topological polar surface area (TPSA) is 55.3 Å². The molecule has 1 aromatic carbocycles. The summed E-state index contributed by atoms with van der Waals surface area (Å²) in [6.45, 7) is 1.66. The smallest absolute Gasteiger partial charge is 0.254 e. The predicted octanol–water partition coefficient (Wildman–Crippen LogP) is 2.84. The van der Waals surface area contributed by atoms with Gasteiger partial charge in [0.25, 0.3) is 5.91 Å². The van der Waals surface area contributed by atoms with Crippen molar-refractivity contribution in [1.82, 2.24) is 14.9 Å². The molecule has 1 amide bonds. The highest BCUT2D eigenvalue weighted by molar-refractivity contribution is 6.06. The van der Waals surface area contributed by atoms with Gasteiger partial charge in [-0.3, -0.25) is 14.8 Å². The molecule has 5 nitrogen and oxygen atoms in total. The van der Waals surface area contributed by atoms with Crippen molar-refractivity contribution in [2.75, 3.05) is 19.7 Å². The maximum atomic E-state index is 13.0. The van der Waals surface area contributed by atoms with Crippen LogP contribution < -0.4 is 0 Å². The van der Waals surface area contributed by atoms with E-state index in [1.54, 1.807) is 18.6 Å². The lowest BCUT2D eigenvalue weighted by Gasteiger charge is -2.33. The average Bonchev–Trinajstić information content (AvgIpc) is 2.68. The van der Waals surface area contributed by atoms with Crippen molar-refractivity contribution in [2.24, 2.45) is 0 Å². The molecule has 3 heterocycles. The fraction of sp³-hybridized carbons (Fsp3) is 0.211. The molecule has 1 fully saturated rings. The van der Waals surface area contributed by atoms with Gasteiger partial charge >= 0.3 is 0 Å². The third-order valence-electron chi connectivity index (χ3n) is 4.31. The zero-order chi connectivity index (χ0) is 16.4. The quantitative estimate of drug-likeness (QED) is 0.729. The molecule has 1 aliphatic heterocycles. The zero-order valence-electron chi connectivity index (χ0n) is 13.1. The van der Waals surface area contributed by atoms with Crippen LogP contribution in [0.2, 0.25) is 0 Å². The summed E-state index contributed by atoms with van der Waals surface area (Å²) in [5, 5.41) is 0.886. The summed E-state index contributed by atoms with van der Waals surface area (Å²) in [4.78, 5) is 23.2. The maximum Gasteiger partial charge on any atom is 0.254 e. The molecular formula is C19H17N3O2. The van der Waals surface area contributed by atoms with Gasteiger partial charge in [0, 0.05) is 36.1 Å².